The molecule has 0 unspecified atom stereocenters. The zero-order valence-electron chi connectivity index (χ0n) is 15.8. The summed E-state index contributed by atoms with van der Waals surface area (Å²) < 4.78 is 27.3. The van der Waals surface area contributed by atoms with Crippen molar-refractivity contribution in [2.45, 2.75) is 22.8 Å². The third kappa shape index (κ3) is 6.07. The lowest BCUT2D eigenvalue weighted by Gasteiger charge is -2.13. The van der Waals surface area contributed by atoms with Crippen LogP contribution >= 0.6 is 11.8 Å². The summed E-state index contributed by atoms with van der Waals surface area (Å²) in [6.45, 7) is 1.85. The van der Waals surface area contributed by atoms with Crippen LogP contribution in [0.15, 0.2) is 83.9 Å². The zero-order valence-corrected chi connectivity index (χ0v) is 17.4. The van der Waals surface area contributed by atoms with Crippen molar-refractivity contribution >= 4 is 39.2 Å². The molecule has 8 heteroatoms. The third-order valence-electron chi connectivity index (χ3n) is 4.05. The Morgan fingerprint density at radius 2 is 1.69 bits per heavy atom. The van der Waals surface area contributed by atoms with E-state index < -0.39 is 10.0 Å². The van der Waals surface area contributed by atoms with Gasteiger partial charge in [-0.25, -0.2) is 13.4 Å². The minimum Gasteiger partial charge on any atom is -0.325 e. The molecule has 0 saturated carbocycles. The molecule has 150 valence electrons. The van der Waals surface area contributed by atoms with Gasteiger partial charge in [0.2, 0.25) is 5.91 Å². The van der Waals surface area contributed by atoms with Crippen molar-refractivity contribution in [3.05, 3.63) is 84.6 Å². The number of carbonyl (C=O) groups is 1. The van der Waals surface area contributed by atoms with Crippen molar-refractivity contribution in [1.82, 2.24) is 4.98 Å². The zero-order chi connectivity index (χ0) is 20.7. The van der Waals surface area contributed by atoms with Crippen molar-refractivity contribution in [1.29, 1.82) is 0 Å². The number of sulfonamides is 1. The number of nitrogens with zero attached hydrogens (tertiary/aromatic N) is 1. The first-order valence-corrected chi connectivity index (χ1v) is 11.5. The molecule has 0 aliphatic rings. The summed E-state index contributed by atoms with van der Waals surface area (Å²) in [5, 5.41) is 2.57. The van der Waals surface area contributed by atoms with E-state index in [4.69, 9.17) is 0 Å². The minimum absolute atomic E-state index is 0.0904. The van der Waals surface area contributed by atoms with Gasteiger partial charge in [-0.1, -0.05) is 36.4 Å². The van der Waals surface area contributed by atoms with E-state index in [1.165, 1.54) is 18.3 Å². The van der Waals surface area contributed by atoms with Gasteiger partial charge < -0.3 is 5.32 Å². The van der Waals surface area contributed by atoms with E-state index in [1.54, 1.807) is 42.1 Å². The van der Waals surface area contributed by atoms with Gasteiger partial charge in [-0.3, -0.25) is 9.52 Å². The number of hydrogen-bond donors (Lipinski definition) is 2. The quantitative estimate of drug-likeness (QED) is 0.564. The highest BCUT2D eigenvalue weighted by atomic mass is 32.2. The number of pyridine rings is 1. The molecule has 0 bridgehead atoms. The topological polar surface area (TPSA) is 88.2 Å². The van der Waals surface area contributed by atoms with E-state index in [0.717, 1.165) is 11.3 Å². The molecule has 1 aromatic heterocycles. The molecule has 0 aliphatic heterocycles. The maximum Gasteiger partial charge on any atom is 0.263 e. The predicted octanol–water partition coefficient (Wildman–Crippen LogP) is 4.14. The van der Waals surface area contributed by atoms with Gasteiger partial charge >= 0.3 is 0 Å². The van der Waals surface area contributed by atoms with Gasteiger partial charge in [0.1, 0.15) is 5.82 Å². The first kappa shape index (κ1) is 20.9. The number of carbonyl (C=O) groups excluding carboxylic acids is 1. The van der Waals surface area contributed by atoms with Crippen LogP contribution in [0.3, 0.4) is 0 Å². The molecule has 6 nitrogen and oxygen atoms in total. The van der Waals surface area contributed by atoms with Gasteiger partial charge in [0.25, 0.3) is 10.0 Å². The summed E-state index contributed by atoms with van der Waals surface area (Å²) in [5.74, 6) is 0.855. The van der Waals surface area contributed by atoms with Crippen molar-refractivity contribution in [2.24, 2.45) is 0 Å². The van der Waals surface area contributed by atoms with Crippen LogP contribution in [0.2, 0.25) is 0 Å². The molecule has 3 aromatic rings. The molecule has 1 heterocycles. The van der Waals surface area contributed by atoms with Crippen molar-refractivity contribution in [2.75, 3.05) is 10.0 Å². The smallest absolute Gasteiger partial charge is 0.263 e. The maximum atomic E-state index is 12.4. The van der Waals surface area contributed by atoms with Crippen LogP contribution in [0.5, 0.6) is 0 Å². The molecule has 29 heavy (non-hydrogen) atoms. The number of rotatable bonds is 8. The first-order valence-electron chi connectivity index (χ1n) is 8.94. The molecule has 2 N–H and O–H groups in total. The normalized spacial score (nSPS) is 12.2. The first-order chi connectivity index (χ1) is 13.9. The van der Waals surface area contributed by atoms with Gasteiger partial charge in [-0.05, 0) is 48.9 Å². The Morgan fingerprint density at radius 3 is 2.34 bits per heavy atom. The van der Waals surface area contributed by atoms with Crippen molar-refractivity contribution < 1.29 is 13.2 Å². The van der Waals surface area contributed by atoms with Crippen molar-refractivity contribution in [3.8, 4) is 0 Å². The van der Waals surface area contributed by atoms with Crippen LogP contribution in [-0.4, -0.2) is 24.6 Å². The average molecular weight is 428 g/mol. The highest BCUT2D eigenvalue weighted by Crippen LogP contribution is 2.21. The van der Waals surface area contributed by atoms with Gasteiger partial charge in [-0.2, -0.15) is 0 Å². The lowest BCUT2D eigenvalue weighted by Crippen LogP contribution is -2.22. The number of hydrogen-bond acceptors (Lipinski definition) is 5. The molecular weight excluding hydrogens is 406 g/mol. The summed E-state index contributed by atoms with van der Waals surface area (Å²) in [7, 11) is -3.74. The molecule has 0 aliphatic carbocycles. The van der Waals surface area contributed by atoms with Crippen LogP contribution < -0.4 is 10.0 Å². The lowest BCUT2D eigenvalue weighted by molar-refractivity contribution is -0.115. The fourth-order valence-electron chi connectivity index (χ4n) is 2.45. The van der Waals surface area contributed by atoms with Crippen LogP contribution in [-0.2, 0) is 20.6 Å². The molecule has 3 rings (SSSR count). The van der Waals surface area contributed by atoms with E-state index >= 15 is 0 Å². The Morgan fingerprint density at radius 1 is 1.00 bits per heavy atom. The van der Waals surface area contributed by atoms with Crippen molar-refractivity contribution in [3.63, 3.8) is 0 Å². The van der Waals surface area contributed by atoms with E-state index in [0.29, 0.717) is 5.69 Å². The summed E-state index contributed by atoms with van der Waals surface area (Å²) in [6.07, 6.45) is 1.51. The van der Waals surface area contributed by atoms with Crippen LogP contribution in [0, 0.1) is 0 Å². The standard InChI is InChI=1S/C21H21N3O3S2/c1-16(28-15-17-7-3-2-4-8-17)21(25)23-18-10-12-19(13-11-18)29(26,27)24-20-9-5-6-14-22-20/h2-14,16H,15H2,1H3,(H,22,24)(H,23,25)/t16-/m1/s1. The number of nitrogens with one attached hydrogen (secondary N) is 2. The third-order valence-corrected chi connectivity index (χ3v) is 6.63. The monoisotopic (exact) mass is 427 g/mol. The number of aromatic nitrogens is 1. The Hall–Kier alpha value is -2.84. The highest BCUT2D eigenvalue weighted by molar-refractivity contribution is 7.99. The summed E-state index contributed by atoms with van der Waals surface area (Å²) >= 11 is 1.54. The molecule has 0 saturated heterocycles. The van der Waals surface area contributed by atoms with Crippen LogP contribution in [0.1, 0.15) is 12.5 Å². The van der Waals surface area contributed by atoms with E-state index in [1.807, 2.05) is 37.3 Å². The van der Waals surface area contributed by atoms with E-state index in [9.17, 15) is 13.2 Å². The van der Waals surface area contributed by atoms with Gasteiger partial charge in [0.15, 0.2) is 0 Å². The van der Waals surface area contributed by atoms with E-state index in [2.05, 4.69) is 15.0 Å². The fraction of sp³-hybridized carbons (Fsp3) is 0.143. The fourth-order valence-corrected chi connectivity index (χ4v) is 4.31. The number of benzene rings is 2. The summed E-state index contributed by atoms with van der Waals surface area (Å²) in [5.41, 5.74) is 1.70. The molecule has 0 spiro atoms. The number of thioether (sulfide) groups is 1. The van der Waals surface area contributed by atoms with Gasteiger partial charge in [0, 0.05) is 17.6 Å². The average Bonchev–Trinajstić information content (AvgIpc) is 2.73. The van der Waals surface area contributed by atoms with Gasteiger partial charge in [-0.15, -0.1) is 11.8 Å². The predicted molar refractivity (Wildman–Crippen MR) is 117 cm³/mol. The molecule has 0 fully saturated rings. The molecule has 2 aromatic carbocycles. The molecule has 1 atom stereocenters. The largest absolute Gasteiger partial charge is 0.325 e. The SMILES string of the molecule is C[C@@H](SCc1ccccc1)C(=O)Nc1ccc(S(=O)(=O)Nc2ccccn2)cc1. The molecule has 1 amide bonds. The van der Waals surface area contributed by atoms with Crippen LogP contribution in [0.4, 0.5) is 11.5 Å². The van der Waals surface area contributed by atoms with Crippen LogP contribution in [0.25, 0.3) is 0 Å². The summed E-state index contributed by atoms with van der Waals surface area (Å²) in [6, 6.07) is 20.9. The second-order valence-corrected chi connectivity index (χ2v) is 9.28. The minimum atomic E-state index is -3.74. The Labute approximate surface area is 174 Å². The highest BCUT2D eigenvalue weighted by Gasteiger charge is 2.16. The second kappa shape index (κ2) is 9.58. The second-order valence-electron chi connectivity index (χ2n) is 6.27. The Bertz CT molecular complexity index is 1040. The number of anilines is 2. The maximum absolute atomic E-state index is 12.4. The Kier molecular flexibility index (Phi) is 6.90. The lowest BCUT2D eigenvalue weighted by atomic mass is 10.2. The van der Waals surface area contributed by atoms with Gasteiger partial charge in [0.05, 0.1) is 10.1 Å². The number of amides is 1. The molecule has 0 radical (unpaired) electrons. The Balaban J connectivity index is 1.57. The van der Waals surface area contributed by atoms with E-state index in [-0.39, 0.29) is 21.9 Å². The molecular formula is C21H21N3O3S2. The summed E-state index contributed by atoms with van der Waals surface area (Å²) in [4.78, 5) is 16.4.